The third kappa shape index (κ3) is 4.51. The molecule has 0 amide bonds. The van der Waals surface area contributed by atoms with E-state index in [1.165, 1.54) is 24.5 Å². The minimum absolute atomic E-state index is 0.0244. The molecule has 2 aromatic carbocycles. The van der Waals surface area contributed by atoms with Crippen LogP contribution in [0.1, 0.15) is 22.6 Å². The van der Waals surface area contributed by atoms with E-state index in [0.717, 1.165) is 17.3 Å². The zero-order chi connectivity index (χ0) is 20.5. The van der Waals surface area contributed by atoms with E-state index in [9.17, 15) is 13.2 Å². The molecule has 0 bridgehead atoms. The van der Waals surface area contributed by atoms with Gasteiger partial charge in [0.1, 0.15) is 12.7 Å². The van der Waals surface area contributed by atoms with Gasteiger partial charge in [0.05, 0.1) is 26.7 Å². The minimum atomic E-state index is -4.52. The van der Waals surface area contributed by atoms with Crippen LogP contribution in [0, 0.1) is 6.92 Å². The van der Waals surface area contributed by atoms with E-state index in [1.54, 1.807) is 29.2 Å². The first kappa shape index (κ1) is 20.7. The molecule has 0 aliphatic rings. The molecule has 0 radical (unpaired) electrons. The third-order valence-electron chi connectivity index (χ3n) is 4.09. The highest BCUT2D eigenvalue weighted by molar-refractivity contribution is 6.48. The van der Waals surface area contributed by atoms with Crippen LogP contribution in [-0.2, 0) is 0 Å². The minimum Gasteiger partial charge on any atom is -0.223 e. The van der Waals surface area contributed by atoms with Gasteiger partial charge in [-0.1, -0.05) is 53.0 Å². The maximum Gasteiger partial charge on any atom is 0.399 e. The molecule has 0 N–H and O–H groups in total. The number of rotatable bonds is 4. The van der Waals surface area contributed by atoms with Gasteiger partial charge in [-0.15, -0.1) is 0 Å². The van der Waals surface area contributed by atoms with E-state index < -0.39 is 12.1 Å². The molecule has 0 saturated carbocycles. The summed E-state index contributed by atoms with van der Waals surface area (Å²) < 4.78 is 42.4. The van der Waals surface area contributed by atoms with E-state index in [0.29, 0.717) is 5.56 Å². The highest BCUT2D eigenvalue weighted by atomic mass is 35.5. The Bertz CT molecular complexity index is 992. The van der Waals surface area contributed by atoms with E-state index in [-0.39, 0.29) is 20.6 Å². The fourth-order valence-electron chi connectivity index (χ4n) is 2.74. The number of hydrogen-bond acceptors (Lipinski definition) is 2. The first-order valence-electron chi connectivity index (χ1n) is 8.02. The average molecular weight is 447 g/mol. The Morgan fingerprint density at radius 3 is 2.29 bits per heavy atom. The lowest BCUT2D eigenvalue weighted by Crippen LogP contribution is -2.19. The van der Waals surface area contributed by atoms with Crippen molar-refractivity contribution < 1.29 is 13.2 Å². The van der Waals surface area contributed by atoms with Crippen LogP contribution in [-0.4, -0.2) is 20.9 Å². The molecule has 0 spiro atoms. The summed E-state index contributed by atoms with van der Waals surface area (Å²) in [7, 11) is 0. The van der Waals surface area contributed by atoms with Crippen LogP contribution in [0.2, 0.25) is 15.1 Å². The molecule has 3 rings (SSSR count). The second-order valence-corrected chi connectivity index (χ2v) is 7.26. The van der Waals surface area contributed by atoms with Crippen molar-refractivity contribution >= 4 is 40.9 Å². The molecule has 3 aromatic rings. The summed E-state index contributed by atoms with van der Waals surface area (Å²) >= 11 is 17.6. The van der Waals surface area contributed by atoms with Gasteiger partial charge in [0.2, 0.25) is 0 Å². The number of aromatic nitrogens is 3. The van der Waals surface area contributed by atoms with Gasteiger partial charge < -0.3 is 0 Å². The number of halogens is 6. The zero-order valence-corrected chi connectivity index (χ0v) is 16.7. The molecule has 0 aliphatic carbocycles. The Morgan fingerprint density at radius 2 is 1.75 bits per heavy atom. The number of alkyl halides is 3. The maximum atomic E-state index is 13.6. The summed E-state index contributed by atoms with van der Waals surface area (Å²) in [6.07, 6.45) is 0.911. The molecular formula is C19H13Cl3F3N3. The number of aryl methyl sites for hydroxylation is 1. The number of allylic oxidation sites excluding steroid dienone is 1. The summed E-state index contributed by atoms with van der Waals surface area (Å²) in [4.78, 5) is 3.88. The van der Waals surface area contributed by atoms with Gasteiger partial charge in [-0.25, -0.2) is 9.67 Å². The van der Waals surface area contributed by atoms with Crippen molar-refractivity contribution in [1.82, 2.24) is 14.8 Å². The second-order valence-electron chi connectivity index (χ2n) is 6.06. The second kappa shape index (κ2) is 8.15. The van der Waals surface area contributed by atoms with Crippen molar-refractivity contribution in [2.45, 2.75) is 19.0 Å². The molecule has 28 heavy (non-hydrogen) atoms. The van der Waals surface area contributed by atoms with Gasteiger partial charge in [0, 0.05) is 0 Å². The van der Waals surface area contributed by atoms with E-state index >= 15 is 0 Å². The Labute approximate surface area is 174 Å². The van der Waals surface area contributed by atoms with Crippen molar-refractivity contribution in [3.63, 3.8) is 0 Å². The fourth-order valence-corrected chi connectivity index (χ4v) is 3.36. The smallest absolute Gasteiger partial charge is 0.223 e. The molecule has 9 heteroatoms. The predicted molar refractivity (Wildman–Crippen MR) is 105 cm³/mol. The molecule has 0 fully saturated rings. The Hall–Kier alpha value is -2.02. The average Bonchev–Trinajstić information content (AvgIpc) is 3.13. The van der Waals surface area contributed by atoms with Crippen molar-refractivity contribution in [3.8, 4) is 5.69 Å². The van der Waals surface area contributed by atoms with Crippen LogP contribution in [0.4, 0.5) is 13.2 Å². The molecule has 1 atom stereocenters. The normalized spacial score (nSPS) is 13.2. The van der Waals surface area contributed by atoms with E-state index in [4.69, 9.17) is 34.8 Å². The highest BCUT2D eigenvalue weighted by Crippen LogP contribution is 2.41. The summed E-state index contributed by atoms with van der Waals surface area (Å²) in [6.45, 7) is 1.84. The van der Waals surface area contributed by atoms with Crippen LogP contribution < -0.4 is 0 Å². The van der Waals surface area contributed by atoms with Crippen molar-refractivity contribution in [2.24, 2.45) is 0 Å². The van der Waals surface area contributed by atoms with Crippen LogP contribution in [0.3, 0.4) is 0 Å². The number of hydrogen-bond donors (Lipinski definition) is 0. The number of nitrogens with zero attached hydrogens (tertiary/aromatic N) is 3. The topological polar surface area (TPSA) is 30.7 Å². The molecule has 0 aliphatic heterocycles. The zero-order valence-electron chi connectivity index (χ0n) is 14.4. The van der Waals surface area contributed by atoms with Crippen molar-refractivity contribution in [3.05, 3.63) is 80.8 Å². The highest BCUT2D eigenvalue weighted by Gasteiger charge is 2.39. The van der Waals surface area contributed by atoms with Gasteiger partial charge in [0.25, 0.3) is 0 Å². The SMILES string of the molecule is Cc1cc(/C=C/C(c2cc(Cl)c(Cl)c(Cl)c2)C(F)(F)F)ccc1-n1cncn1. The lowest BCUT2D eigenvalue weighted by molar-refractivity contribution is -0.139. The Kier molecular flexibility index (Phi) is 6.03. The molecular weight excluding hydrogens is 434 g/mol. The van der Waals surface area contributed by atoms with E-state index in [2.05, 4.69) is 10.1 Å². The van der Waals surface area contributed by atoms with Crippen LogP contribution in [0.25, 0.3) is 11.8 Å². The Balaban J connectivity index is 1.94. The molecule has 1 aromatic heterocycles. The standard InChI is InChI=1S/C19H13Cl3F3N3/c1-11-6-12(3-5-17(11)28-10-26-9-27-28)2-4-14(19(23,24)25)13-7-15(20)18(22)16(21)8-13/h2-10,14H,1H3/b4-2+. The first-order valence-corrected chi connectivity index (χ1v) is 9.15. The quantitative estimate of drug-likeness (QED) is 0.408. The first-order chi connectivity index (χ1) is 13.2. The molecule has 1 heterocycles. The van der Waals surface area contributed by atoms with Gasteiger partial charge in [-0.3, -0.25) is 0 Å². The van der Waals surface area contributed by atoms with Gasteiger partial charge in [0.15, 0.2) is 0 Å². The summed E-state index contributed by atoms with van der Waals surface area (Å²) in [5.41, 5.74) is 2.16. The number of benzene rings is 2. The monoisotopic (exact) mass is 445 g/mol. The summed E-state index contributed by atoms with van der Waals surface area (Å²) in [5.74, 6) is -1.88. The summed E-state index contributed by atoms with van der Waals surface area (Å²) in [6, 6.07) is 7.59. The van der Waals surface area contributed by atoms with Crippen LogP contribution >= 0.6 is 34.8 Å². The molecule has 3 nitrogen and oxygen atoms in total. The van der Waals surface area contributed by atoms with Gasteiger partial charge in [-0.2, -0.15) is 18.3 Å². The third-order valence-corrected chi connectivity index (χ3v) is 5.28. The molecule has 146 valence electrons. The van der Waals surface area contributed by atoms with Gasteiger partial charge >= 0.3 is 6.18 Å². The molecule has 0 saturated heterocycles. The van der Waals surface area contributed by atoms with Crippen molar-refractivity contribution in [2.75, 3.05) is 0 Å². The lowest BCUT2D eigenvalue weighted by Gasteiger charge is -2.18. The van der Waals surface area contributed by atoms with Crippen LogP contribution in [0.15, 0.2) is 49.1 Å². The van der Waals surface area contributed by atoms with Crippen molar-refractivity contribution in [1.29, 1.82) is 0 Å². The van der Waals surface area contributed by atoms with Gasteiger partial charge in [-0.05, 0) is 47.9 Å². The predicted octanol–water partition coefficient (Wildman–Crippen LogP) is 6.90. The lowest BCUT2D eigenvalue weighted by atomic mass is 9.96. The molecule has 1 unspecified atom stereocenters. The fraction of sp³-hybridized carbons (Fsp3) is 0.158. The maximum absolute atomic E-state index is 13.6. The largest absolute Gasteiger partial charge is 0.399 e. The van der Waals surface area contributed by atoms with E-state index in [1.807, 2.05) is 6.92 Å². The Morgan fingerprint density at radius 1 is 1.07 bits per heavy atom. The summed E-state index contributed by atoms with van der Waals surface area (Å²) in [5, 5.41) is 4.02. The van der Waals surface area contributed by atoms with Crippen LogP contribution in [0.5, 0.6) is 0 Å².